The first-order valence-electron chi connectivity index (χ1n) is 9.65. The lowest BCUT2D eigenvalue weighted by atomic mass is 10.1. The molecular weight excluding hydrogens is 403 g/mol. The van der Waals surface area contributed by atoms with Crippen LogP contribution in [-0.2, 0) is 4.57 Å². The van der Waals surface area contributed by atoms with E-state index in [2.05, 4.69) is 6.07 Å². The van der Waals surface area contributed by atoms with Crippen LogP contribution in [0.1, 0.15) is 13.8 Å². The molecule has 0 aliphatic rings. The Hall–Kier alpha value is -2.39. The number of aromatic nitrogens is 1. The van der Waals surface area contributed by atoms with E-state index in [1.807, 2.05) is 61.0 Å². The largest absolute Gasteiger partial charge is 0.427 e. The molecule has 1 heterocycles. The van der Waals surface area contributed by atoms with Crippen LogP contribution in [0.2, 0.25) is 5.02 Å². The van der Waals surface area contributed by atoms with Gasteiger partial charge in [0.1, 0.15) is 5.52 Å². The van der Waals surface area contributed by atoms with Gasteiger partial charge in [0.2, 0.25) is 0 Å². The summed E-state index contributed by atoms with van der Waals surface area (Å²) in [5.41, 5.74) is 1.57. The van der Waals surface area contributed by atoms with Gasteiger partial charge in [0.25, 0.3) is 0 Å². The average Bonchev–Trinajstić information content (AvgIpc) is 2.73. The van der Waals surface area contributed by atoms with E-state index in [4.69, 9.17) is 21.1 Å². The first kappa shape index (κ1) is 19.9. The van der Waals surface area contributed by atoms with E-state index in [0.717, 1.165) is 16.3 Å². The van der Waals surface area contributed by atoms with Crippen LogP contribution >= 0.6 is 19.1 Å². The second-order valence-electron chi connectivity index (χ2n) is 6.74. The molecule has 1 aromatic heterocycles. The van der Waals surface area contributed by atoms with Gasteiger partial charge in [0.05, 0.1) is 10.8 Å². The van der Waals surface area contributed by atoms with Crippen molar-refractivity contribution in [3.63, 3.8) is 0 Å². The third kappa shape index (κ3) is 3.76. The van der Waals surface area contributed by atoms with E-state index in [0.29, 0.717) is 34.7 Å². The minimum absolute atomic E-state index is 0.503. The van der Waals surface area contributed by atoms with Crippen LogP contribution in [0.4, 0.5) is 0 Å². The summed E-state index contributed by atoms with van der Waals surface area (Å²) in [6, 6.07) is 22.8. The quantitative estimate of drug-likeness (QED) is 0.270. The van der Waals surface area contributed by atoms with Gasteiger partial charge in [-0.25, -0.2) is 9.65 Å². The number of halogens is 1. The van der Waals surface area contributed by atoms with Crippen molar-refractivity contribution in [3.05, 3.63) is 77.8 Å². The number of benzene rings is 3. The third-order valence-corrected chi connectivity index (χ3v) is 7.89. The smallest absolute Gasteiger partial charge is 0.349 e. The summed E-state index contributed by atoms with van der Waals surface area (Å²) in [6.07, 6.45) is 0. The highest BCUT2D eigenvalue weighted by Gasteiger charge is 2.34. The van der Waals surface area contributed by atoms with Crippen LogP contribution in [0.15, 0.2) is 72.8 Å². The molecule has 0 N–H and O–H groups in total. The zero-order valence-electron chi connectivity index (χ0n) is 16.4. The number of pyridine rings is 1. The minimum atomic E-state index is -3.39. The third-order valence-electron chi connectivity index (χ3n) is 4.97. The van der Waals surface area contributed by atoms with Gasteiger partial charge in [-0.05, 0) is 36.4 Å². The number of fused-ring (bicyclic) bond motifs is 2. The summed E-state index contributed by atoms with van der Waals surface area (Å²) in [6.45, 7) is 5.11. The van der Waals surface area contributed by atoms with E-state index in [-0.39, 0.29) is 0 Å². The van der Waals surface area contributed by atoms with Gasteiger partial charge in [-0.1, -0.05) is 61.8 Å². The molecule has 6 heteroatoms. The SMILES string of the molecule is CCN(CC)P(=O)(Oc1cccc2cc3ccccc3nc12)c1cccc(Cl)c1. The molecule has 0 saturated carbocycles. The Kier molecular flexibility index (Phi) is 5.60. The van der Waals surface area contributed by atoms with Crippen molar-refractivity contribution in [2.75, 3.05) is 13.1 Å². The van der Waals surface area contributed by atoms with Crippen LogP contribution < -0.4 is 9.83 Å². The molecule has 0 saturated heterocycles. The molecule has 4 aromatic rings. The summed E-state index contributed by atoms with van der Waals surface area (Å²) in [5, 5.41) is 3.10. The van der Waals surface area contributed by atoms with Crippen molar-refractivity contribution in [1.82, 2.24) is 9.65 Å². The number of para-hydroxylation sites is 2. The first-order valence-corrected chi connectivity index (χ1v) is 11.6. The van der Waals surface area contributed by atoms with Gasteiger partial charge >= 0.3 is 7.52 Å². The molecule has 0 aliphatic carbocycles. The molecule has 4 rings (SSSR count). The second kappa shape index (κ2) is 8.16. The fourth-order valence-electron chi connectivity index (χ4n) is 3.50. The predicted molar refractivity (Wildman–Crippen MR) is 121 cm³/mol. The van der Waals surface area contributed by atoms with Crippen LogP contribution in [0.3, 0.4) is 0 Å². The normalized spacial score (nSPS) is 13.7. The van der Waals surface area contributed by atoms with E-state index in [9.17, 15) is 4.57 Å². The van der Waals surface area contributed by atoms with Crippen molar-refractivity contribution in [2.24, 2.45) is 0 Å². The molecule has 0 radical (unpaired) electrons. The van der Waals surface area contributed by atoms with Gasteiger partial charge in [-0.2, -0.15) is 0 Å². The lowest BCUT2D eigenvalue weighted by molar-refractivity contribution is 0.382. The summed E-state index contributed by atoms with van der Waals surface area (Å²) in [7, 11) is -3.39. The maximum absolute atomic E-state index is 14.2. The van der Waals surface area contributed by atoms with E-state index in [1.54, 1.807) is 24.3 Å². The number of rotatable bonds is 6. The zero-order valence-corrected chi connectivity index (χ0v) is 18.0. The molecule has 0 aliphatic heterocycles. The number of nitrogens with zero attached hydrogens (tertiary/aromatic N) is 2. The Morgan fingerprint density at radius 3 is 2.41 bits per heavy atom. The van der Waals surface area contributed by atoms with Gasteiger partial charge in [-0.15, -0.1) is 0 Å². The van der Waals surface area contributed by atoms with Crippen molar-refractivity contribution >= 4 is 46.2 Å². The van der Waals surface area contributed by atoms with Gasteiger partial charge in [-0.3, -0.25) is 4.57 Å². The molecule has 29 heavy (non-hydrogen) atoms. The van der Waals surface area contributed by atoms with Crippen LogP contribution in [0, 0.1) is 0 Å². The summed E-state index contributed by atoms with van der Waals surface area (Å²) < 4.78 is 22.4. The van der Waals surface area contributed by atoms with E-state index >= 15 is 0 Å². The fourth-order valence-corrected chi connectivity index (χ4v) is 6.05. The number of hydrogen-bond donors (Lipinski definition) is 0. The summed E-state index contributed by atoms with van der Waals surface area (Å²) in [4.78, 5) is 4.79. The van der Waals surface area contributed by atoms with Crippen LogP contribution in [0.25, 0.3) is 21.8 Å². The fraction of sp³-hybridized carbons (Fsp3) is 0.174. The van der Waals surface area contributed by atoms with Gasteiger partial charge in [0, 0.05) is 28.9 Å². The predicted octanol–water partition coefficient (Wildman–Crippen LogP) is 6.28. The molecule has 3 aromatic carbocycles. The highest BCUT2D eigenvalue weighted by molar-refractivity contribution is 7.65. The molecule has 148 valence electrons. The highest BCUT2D eigenvalue weighted by Crippen LogP contribution is 2.51. The Bertz CT molecular complexity index is 1220. The molecule has 1 unspecified atom stereocenters. The van der Waals surface area contributed by atoms with Gasteiger partial charge < -0.3 is 4.52 Å². The monoisotopic (exact) mass is 424 g/mol. The Balaban J connectivity index is 1.89. The van der Waals surface area contributed by atoms with Crippen LogP contribution in [0.5, 0.6) is 5.75 Å². The molecule has 0 fully saturated rings. The lowest BCUT2D eigenvalue weighted by Crippen LogP contribution is -2.29. The average molecular weight is 425 g/mol. The zero-order chi connectivity index (χ0) is 20.4. The van der Waals surface area contributed by atoms with Crippen molar-refractivity contribution < 1.29 is 9.09 Å². The van der Waals surface area contributed by atoms with Crippen LogP contribution in [-0.4, -0.2) is 22.7 Å². The Morgan fingerprint density at radius 2 is 1.66 bits per heavy atom. The molecule has 0 amide bonds. The molecular formula is C23H22ClN2O2P. The molecule has 0 spiro atoms. The standard InChI is InChI=1S/C23H22ClN2O2P/c1-3-26(4-2)29(27,20-12-8-11-19(24)16-20)28-22-14-7-10-18-15-17-9-5-6-13-21(17)25-23(18)22/h5-16H,3-4H2,1-2H3. The Labute approximate surface area is 175 Å². The van der Waals surface area contributed by atoms with E-state index in [1.165, 1.54) is 0 Å². The van der Waals surface area contributed by atoms with Crippen molar-refractivity contribution in [3.8, 4) is 5.75 Å². The Morgan fingerprint density at radius 1 is 0.931 bits per heavy atom. The summed E-state index contributed by atoms with van der Waals surface area (Å²) in [5.74, 6) is 0.503. The second-order valence-corrected chi connectivity index (χ2v) is 9.48. The lowest BCUT2D eigenvalue weighted by Gasteiger charge is -2.30. The maximum Gasteiger partial charge on any atom is 0.349 e. The topological polar surface area (TPSA) is 42.4 Å². The maximum atomic E-state index is 14.2. The van der Waals surface area contributed by atoms with Crippen molar-refractivity contribution in [2.45, 2.75) is 13.8 Å². The van der Waals surface area contributed by atoms with Gasteiger partial charge in [0.15, 0.2) is 5.75 Å². The first-order chi connectivity index (χ1) is 14.0. The molecule has 0 bridgehead atoms. The molecule has 4 nitrogen and oxygen atoms in total. The van der Waals surface area contributed by atoms with E-state index < -0.39 is 7.52 Å². The molecule has 1 atom stereocenters. The minimum Gasteiger partial charge on any atom is -0.427 e. The summed E-state index contributed by atoms with van der Waals surface area (Å²) >= 11 is 6.20. The van der Waals surface area contributed by atoms with Crippen molar-refractivity contribution in [1.29, 1.82) is 0 Å². The highest BCUT2D eigenvalue weighted by atomic mass is 35.5. The number of hydrogen-bond acceptors (Lipinski definition) is 3.